The Bertz CT molecular complexity index is 414. The SMILES string of the molecule is C=C/C=C(\C=C/C)C1=C(O)C(=O)NC1=O. The number of aliphatic hydroxyl groups is 1. The Kier molecular flexibility index (Phi) is 3.23. The molecule has 0 saturated heterocycles. The molecule has 0 fully saturated rings. The molecule has 0 bridgehead atoms. The summed E-state index contributed by atoms with van der Waals surface area (Å²) in [5.41, 5.74) is 0.436. The zero-order valence-electron chi connectivity index (χ0n) is 8.28. The van der Waals surface area contributed by atoms with E-state index in [-0.39, 0.29) is 5.57 Å². The monoisotopic (exact) mass is 205 g/mol. The number of aliphatic hydroxyl groups excluding tert-OH is 1. The summed E-state index contributed by atoms with van der Waals surface area (Å²) in [6, 6.07) is 0. The van der Waals surface area contributed by atoms with E-state index >= 15 is 0 Å². The fraction of sp³-hybridized carbons (Fsp3) is 0.0909. The number of allylic oxidation sites excluding steroid dienone is 4. The molecule has 0 saturated carbocycles. The second kappa shape index (κ2) is 4.41. The summed E-state index contributed by atoms with van der Waals surface area (Å²) in [5, 5.41) is 11.4. The van der Waals surface area contributed by atoms with Crippen LogP contribution in [-0.2, 0) is 9.59 Å². The third-order valence-electron chi connectivity index (χ3n) is 1.84. The van der Waals surface area contributed by atoms with E-state index in [1.807, 2.05) is 5.32 Å². The molecular weight excluding hydrogens is 194 g/mol. The van der Waals surface area contributed by atoms with Gasteiger partial charge < -0.3 is 5.11 Å². The Morgan fingerprint density at radius 1 is 1.40 bits per heavy atom. The number of rotatable bonds is 3. The summed E-state index contributed by atoms with van der Waals surface area (Å²) in [4.78, 5) is 22.3. The van der Waals surface area contributed by atoms with Crippen LogP contribution in [0.1, 0.15) is 6.92 Å². The minimum absolute atomic E-state index is 0.0157. The van der Waals surface area contributed by atoms with Crippen LogP contribution in [0, 0.1) is 0 Å². The Morgan fingerprint density at radius 3 is 2.47 bits per heavy atom. The third-order valence-corrected chi connectivity index (χ3v) is 1.84. The molecule has 2 amide bonds. The van der Waals surface area contributed by atoms with Crippen LogP contribution in [0.25, 0.3) is 0 Å². The minimum Gasteiger partial charge on any atom is -0.502 e. The molecule has 15 heavy (non-hydrogen) atoms. The molecule has 4 nitrogen and oxygen atoms in total. The van der Waals surface area contributed by atoms with Crippen LogP contribution in [0.5, 0.6) is 0 Å². The number of carbonyl (C=O) groups is 2. The van der Waals surface area contributed by atoms with Gasteiger partial charge in [-0.3, -0.25) is 14.9 Å². The highest BCUT2D eigenvalue weighted by Gasteiger charge is 2.31. The standard InChI is InChI=1S/C11H11NO3/c1-3-5-7(6-4-2)8-9(13)11(15)12-10(8)14/h3-6H,1H2,2H3,(H2,12,13,14,15)/b6-4-,7-5+. The van der Waals surface area contributed by atoms with Gasteiger partial charge in [0.2, 0.25) is 0 Å². The van der Waals surface area contributed by atoms with Gasteiger partial charge >= 0.3 is 0 Å². The Morgan fingerprint density at radius 2 is 2.07 bits per heavy atom. The topological polar surface area (TPSA) is 66.4 Å². The first-order valence-corrected chi connectivity index (χ1v) is 4.36. The lowest BCUT2D eigenvalue weighted by molar-refractivity contribution is -0.125. The van der Waals surface area contributed by atoms with Crippen molar-refractivity contribution in [2.75, 3.05) is 0 Å². The first-order chi connectivity index (χ1) is 7.11. The van der Waals surface area contributed by atoms with Crippen molar-refractivity contribution in [1.82, 2.24) is 5.32 Å². The second-order valence-corrected chi connectivity index (χ2v) is 2.86. The molecule has 0 unspecified atom stereocenters. The zero-order chi connectivity index (χ0) is 11.4. The van der Waals surface area contributed by atoms with E-state index < -0.39 is 17.6 Å². The van der Waals surface area contributed by atoms with Crippen molar-refractivity contribution in [3.63, 3.8) is 0 Å². The van der Waals surface area contributed by atoms with Crippen LogP contribution in [0.15, 0.2) is 47.8 Å². The first-order valence-electron chi connectivity index (χ1n) is 4.36. The van der Waals surface area contributed by atoms with E-state index in [1.165, 1.54) is 6.08 Å². The van der Waals surface area contributed by atoms with Crippen molar-refractivity contribution >= 4 is 11.8 Å². The Hall–Kier alpha value is -2.10. The molecular formula is C11H11NO3. The molecule has 1 rings (SSSR count). The molecule has 0 radical (unpaired) electrons. The van der Waals surface area contributed by atoms with Gasteiger partial charge in [0.25, 0.3) is 11.8 Å². The van der Waals surface area contributed by atoms with Crippen LogP contribution < -0.4 is 5.32 Å². The third kappa shape index (κ3) is 2.04. The highest BCUT2D eigenvalue weighted by molar-refractivity contribution is 6.20. The maximum Gasteiger partial charge on any atom is 0.293 e. The van der Waals surface area contributed by atoms with Gasteiger partial charge in [0.1, 0.15) is 0 Å². The van der Waals surface area contributed by atoms with Crippen LogP contribution >= 0.6 is 0 Å². The molecule has 0 atom stereocenters. The number of hydrogen-bond donors (Lipinski definition) is 2. The highest BCUT2D eigenvalue weighted by atomic mass is 16.3. The van der Waals surface area contributed by atoms with Gasteiger partial charge in [-0.1, -0.05) is 30.9 Å². The lowest BCUT2D eigenvalue weighted by atomic mass is 10.0. The van der Waals surface area contributed by atoms with E-state index in [4.69, 9.17) is 0 Å². The van der Waals surface area contributed by atoms with Gasteiger partial charge in [0, 0.05) is 0 Å². The molecule has 4 heteroatoms. The van der Waals surface area contributed by atoms with Crippen molar-refractivity contribution in [1.29, 1.82) is 0 Å². The number of hydrogen-bond acceptors (Lipinski definition) is 3. The minimum atomic E-state index is -0.769. The van der Waals surface area contributed by atoms with E-state index in [0.29, 0.717) is 5.57 Å². The number of nitrogens with one attached hydrogen (secondary N) is 1. The fourth-order valence-electron chi connectivity index (χ4n) is 1.24. The molecule has 0 aromatic rings. The van der Waals surface area contributed by atoms with Gasteiger partial charge in [-0.2, -0.15) is 0 Å². The Labute approximate surface area is 87.3 Å². The molecule has 0 spiro atoms. The summed E-state index contributed by atoms with van der Waals surface area (Å²) in [6.07, 6.45) is 6.34. The van der Waals surface area contributed by atoms with E-state index in [9.17, 15) is 14.7 Å². The lowest BCUT2D eigenvalue weighted by Crippen LogP contribution is -2.23. The Balaban J connectivity index is 3.25. The van der Waals surface area contributed by atoms with Gasteiger partial charge in [0.15, 0.2) is 5.76 Å². The average Bonchev–Trinajstić information content (AvgIpc) is 2.41. The summed E-state index contributed by atoms with van der Waals surface area (Å²) >= 11 is 0. The number of carbonyl (C=O) groups excluding carboxylic acids is 2. The normalized spacial score (nSPS) is 17.5. The van der Waals surface area contributed by atoms with Crippen LogP contribution in [0.4, 0.5) is 0 Å². The maximum absolute atomic E-state index is 11.3. The molecule has 0 aromatic heterocycles. The van der Waals surface area contributed by atoms with Crippen LogP contribution in [0.3, 0.4) is 0 Å². The van der Waals surface area contributed by atoms with E-state index in [0.717, 1.165) is 0 Å². The molecule has 1 aliphatic rings. The fourth-order valence-corrected chi connectivity index (χ4v) is 1.24. The van der Waals surface area contributed by atoms with Crippen molar-refractivity contribution in [3.05, 3.63) is 47.8 Å². The van der Waals surface area contributed by atoms with Crippen LogP contribution in [-0.4, -0.2) is 16.9 Å². The zero-order valence-corrected chi connectivity index (χ0v) is 8.28. The number of imide groups is 1. The lowest BCUT2D eigenvalue weighted by Gasteiger charge is -1.99. The quantitative estimate of drug-likeness (QED) is 0.536. The van der Waals surface area contributed by atoms with E-state index in [2.05, 4.69) is 6.58 Å². The summed E-state index contributed by atoms with van der Waals surface area (Å²) in [5.74, 6) is -1.91. The van der Waals surface area contributed by atoms with Gasteiger partial charge in [0.05, 0.1) is 5.57 Å². The van der Waals surface area contributed by atoms with Gasteiger partial charge in [-0.05, 0) is 12.5 Å². The molecule has 1 aliphatic heterocycles. The molecule has 0 aliphatic carbocycles. The van der Waals surface area contributed by atoms with Crippen molar-refractivity contribution < 1.29 is 14.7 Å². The van der Waals surface area contributed by atoms with E-state index in [1.54, 1.807) is 25.2 Å². The molecule has 1 heterocycles. The largest absolute Gasteiger partial charge is 0.502 e. The highest BCUT2D eigenvalue weighted by Crippen LogP contribution is 2.20. The maximum atomic E-state index is 11.3. The summed E-state index contributed by atoms with van der Waals surface area (Å²) < 4.78 is 0. The van der Waals surface area contributed by atoms with Crippen molar-refractivity contribution in [2.24, 2.45) is 0 Å². The number of amides is 2. The summed E-state index contributed by atoms with van der Waals surface area (Å²) in [7, 11) is 0. The molecule has 78 valence electrons. The average molecular weight is 205 g/mol. The predicted molar refractivity (Wildman–Crippen MR) is 55.9 cm³/mol. The first kappa shape index (κ1) is 11.0. The van der Waals surface area contributed by atoms with Gasteiger partial charge in [-0.15, -0.1) is 0 Å². The predicted octanol–water partition coefficient (Wildman–Crippen LogP) is 1.14. The van der Waals surface area contributed by atoms with Gasteiger partial charge in [-0.25, -0.2) is 0 Å². The second-order valence-electron chi connectivity index (χ2n) is 2.86. The van der Waals surface area contributed by atoms with Crippen molar-refractivity contribution in [2.45, 2.75) is 6.92 Å². The van der Waals surface area contributed by atoms with Crippen LogP contribution in [0.2, 0.25) is 0 Å². The van der Waals surface area contributed by atoms with Crippen molar-refractivity contribution in [3.8, 4) is 0 Å². The smallest absolute Gasteiger partial charge is 0.293 e. The molecule has 2 N–H and O–H groups in total. The molecule has 0 aromatic carbocycles. The summed E-state index contributed by atoms with van der Waals surface area (Å²) in [6.45, 7) is 5.26.